The molecule has 0 N–H and O–H groups in total. The van der Waals surface area contributed by atoms with Gasteiger partial charge in [0, 0.05) is 6.07 Å². The predicted octanol–water partition coefficient (Wildman–Crippen LogP) is 4.04. The molecule has 20 heavy (non-hydrogen) atoms. The van der Waals surface area contributed by atoms with E-state index in [1.165, 1.54) is 0 Å². The van der Waals surface area contributed by atoms with Gasteiger partial charge in [0.1, 0.15) is 17.3 Å². The fourth-order valence-electron chi connectivity index (χ4n) is 1.29. The molecular formula is C12H12F5NO2. The van der Waals surface area contributed by atoms with Gasteiger partial charge < -0.3 is 9.47 Å². The highest BCUT2D eigenvalue weighted by atomic mass is 19.4. The molecule has 0 saturated heterocycles. The van der Waals surface area contributed by atoms with Crippen molar-refractivity contribution in [3.63, 3.8) is 0 Å². The third kappa shape index (κ3) is 4.07. The van der Waals surface area contributed by atoms with Crippen molar-refractivity contribution in [1.82, 2.24) is 0 Å². The molecular weight excluding hydrogens is 285 g/mol. The molecule has 0 atom stereocenters. The third-order valence-electron chi connectivity index (χ3n) is 2.09. The number of hydrogen-bond acceptors (Lipinski definition) is 3. The van der Waals surface area contributed by atoms with E-state index in [-0.39, 0.29) is 25.4 Å². The minimum atomic E-state index is -4.98. The van der Waals surface area contributed by atoms with Crippen molar-refractivity contribution in [1.29, 1.82) is 0 Å². The quantitative estimate of drug-likeness (QED) is 0.479. The summed E-state index contributed by atoms with van der Waals surface area (Å²) in [5.74, 6) is -2.94. The van der Waals surface area contributed by atoms with Crippen molar-refractivity contribution in [3.8, 4) is 0 Å². The molecule has 0 saturated carbocycles. The summed E-state index contributed by atoms with van der Waals surface area (Å²) in [5, 5.41) is 0. The number of benzene rings is 1. The molecule has 0 heterocycles. The lowest BCUT2D eigenvalue weighted by molar-refractivity contribution is -0.140. The van der Waals surface area contributed by atoms with E-state index in [9.17, 15) is 22.0 Å². The van der Waals surface area contributed by atoms with Crippen LogP contribution in [0, 0.1) is 11.6 Å². The van der Waals surface area contributed by atoms with Crippen LogP contribution >= 0.6 is 0 Å². The van der Waals surface area contributed by atoms with Crippen molar-refractivity contribution in [2.24, 2.45) is 4.99 Å². The van der Waals surface area contributed by atoms with Crippen molar-refractivity contribution in [2.45, 2.75) is 20.0 Å². The zero-order valence-electron chi connectivity index (χ0n) is 10.7. The van der Waals surface area contributed by atoms with Gasteiger partial charge in [-0.1, -0.05) is 0 Å². The van der Waals surface area contributed by atoms with Gasteiger partial charge in [-0.25, -0.2) is 8.78 Å². The lowest BCUT2D eigenvalue weighted by Crippen LogP contribution is -2.11. The maximum Gasteiger partial charge on any atom is 0.419 e. The van der Waals surface area contributed by atoms with Gasteiger partial charge in [-0.15, -0.1) is 0 Å². The van der Waals surface area contributed by atoms with Crippen molar-refractivity contribution >= 4 is 11.8 Å². The highest BCUT2D eigenvalue weighted by Gasteiger charge is 2.35. The van der Waals surface area contributed by atoms with E-state index in [4.69, 9.17) is 9.47 Å². The summed E-state index contributed by atoms with van der Waals surface area (Å²) in [6.07, 6.45) is -5.32. The van der Waals surface area contributed by atoms with Crippen LogP contribution in [0.15, 0.2) is 17.1 Å². The smallest absolute Gasteiger partial charge is 0.419 e. The average molecular weight is 297 g/mol. The first-order chi connectivity index (χ1) is 9.29. The molecule has 0 fully saturated rings. The Morgan fingerprint density at radius 2 is 1.60 bits per heavy atom. The van der Waals surface area contributed by atoms with Gasteiger partial charge in [0.2, 0.25) is 0 Å². The van der Waals surface area contributed by atoms with Crippen LogP contribution < -0.4 is 0 Å². The summed E-state index contributed by atoms with van der Waals surface area (Å²) < 4.78 is 73.7. The van der Waals surface area contributed by atoms with E-state index in [1.807, 2.05) is 0 Å². The van der Waals surface area contributed by atoms with E-state index in [1.54, 1.807) is 13.8 Å². The van der Waals surface area contributed by atoms with E-state index in [2.05, 4.69) is 4.99 Å². The number of alkyl halides is 3. The van der Waals surface area contributed by atoms with E-state index < -0.39 is 29.1 Å². The number of halogens is 5. The Morgan fingerprint density at radius 1 is 1.05 bits per heavy atom. The summed E-state index contributed by atoms with van der Waals surface area (Å²) in [6.45, 7) is 3.53. The van der Waals surface area contributed by atoms with Crippen LogP contribution in [-0.2, 0) is 15.7 Å². The Morgan fingerprint density at radius 3 is 2.05 bits per heavy atom. The number of aliphatic imine (C=N–C) groups is 1. The summed E-state index contributed by atoms with van der Waals surface area (Å²) >= 11 is 0. The van der Waals surface area contributed by atoms with Gasteiger partial charge in [0.15, 0.2) is 0 Å². The lowest BCUT2D eigenvalue weighted by Gasteiger charge is -2.10. The van der Waals surface area contributed by atoms with Crippen molar-refractivity contribution < 1.29 is 31.4 Å². The van der Waals surface area contributed by atoms with Gasteiger partial charge in [0.05, 0.1) is 18.8 Å². The second-order valence-corrected chi connectivity index (χ2v) is 3.52. The highest BCUT2D eigenvalue weighted by molar-refractivity contribution is 5.71. The highest BCUT2D eigenvalue weighted by Crippen LogP contribution is 2.34. The zero-order chi connectivity index (χ0) is 15.3. The van der Waals surface area contributed by atoms with Crippen LogP contribution in [0.5, 0.6) is 0 Å². The van der Waals surface area contributed by atoms with Crippen LogP contribution in [0.2, 0.25) is 0 Å². The molecule has 0 aliphatic carbocycles. The first-order valence-electron chi connectivity index (χ1n) is 5.70. The summed E-state index contributed by atoms with van der Waals surface area (Å²) in [4.78, 5) is 3.51. The number of nitrogens with zero attached hydrogens (tertiary/aromatic N) is 1. The van der Waals surface area contributed by atoms with Gasteiger partial charge in [-0.2, -0.15) is 18.2 Å². The third-order valence-corrected chi connectivity index (χ3v) is 2.09. The van der Waals surface area contributed by atoms with Crippen LogP contribution in [0.3, 0.4) is 0 Å². The Hall–Kier alpha value is -1.86. The van der Waals surface area contributed by atoms with Crippen LogP contribution in [0.4, 0.5) is 27.6 Å². The maximum atomic E-state index is 13.5. The van der Waals surface area contributed by atoms with Crippen LogP contribution in [-0.4, -0.2) is 19.3 Å². The molecule has 0 bridgehead atoms. The van der Waals surface area contributed by atoms with E-state index >= 15 is 0 Å². The fourth-order valence-corrected chi connectivity index (χ4v) is 1.29. The first-order valence-corrected chi connectivity index (χ1v) is 5.70. The Kier molecular flexibility index (Phi) is 5.29. The van der Waals surface area contributed by atoms with E-state index in [0.29, 0.717) is 6.07 Å². The van der Waals surface area contributed by atoms with Crippen molar-refractivity contribution in [2.75, 3.05) is 13.2 Å². The topological polar surface area (TPSA) is 30.8 Å². The second kappa shape index (κ2) is 6.53. The Balaban J connectivity index is 3.20. The molecule has 0 aliphatic rings. The SMILES string of the molecule is CCOC(=Nc1cc(F)c(C(F)(F)F)cc1F)OCC. The molecule has 1 aromatic carbocycles. The van der Waals surface area contributed by atoms with E-state index in [0.717, 1.165) is 0 Å². The molecule has 0 spiro atoms. The van der Waals surface area contributed by atoms with Crippen LogP contribution in [0.25, 0.3) is 0 Å². The molecule has 0 unspecified atom stereocenters. The fraction of sp³-hybridized carbons (Fsp3) is 0.417. The number of rotatable bonds is 3. The minimum Gasteiger partial charge on any atom is -0.451 e. The molecule has 0 aliphatic heterocycles. The lowest BCUT2D eigenvalue weighted by atomic mass is 10.2. The summed E-state index contributed by atoms with van der Waals surface area (Å²) in [7, 11) is 0. The standard InChI is InChI=1S/C12H12F5NO2/c1-3-19-11(20-4-2)18-10-6-8(13)7(5-9(10)14)12(15,16)17/h5-6H,3-4H2,1-2H3. The monoisotopic (exact) mass is 297 g/mol. The minimum absolute atomic E-state index is 0.0453. The first kappa shape index (κ1) is 16.2. The number of ether oxygens (including phenoxy) is 2. The predicted molar refractivity (Wildman–Crippen MR) is 61.7 cm³/mol. The zero-order valence-corrected chi connectivity index (χ0v) is 10.7. The average Bonchev–Trinajstić information content (AvgIpc) is 2.32. The normalized spacial score (nSPS) is 11.2. The van der Waals surface area contributed by atoms with Crippen molar-refractivity contribution in [3.05, 3.63) is 29.3 Å². The summed E-state index contributed by atoms with van der Waals surface area (Å²) in [6, 6.07) is 0.389. The molecule has 8 heteroatoms. The molecule has 3 nitrogen and oxygen atoms in total. The second-order valence-electron chi connectivity index (χ2n) is 3.52. The van der Waals surface area contributed by atoms with Gasteiger partial charge in [0.25, 0.3) is 0 Å². The molecule has 112 valence electrons. The molecule has 0 amide bonds. The largest absolute Gasteiger partial charge is 0.451 e. The van der Waals surface area contributed by atoms with Gasteiger partial charge >= 0.3 is 12.3 Å². The van der Waals surface area contributed by atoms with Gasteiger partial charge in [-0.3, -0.25) is 0 Å². The summed E-state index contributed by atoms with van der Waals surface area (Å²) in [5.41, 5.74) is -2.32. The van der Waals surface area contributed by atoms with Gasteiger partial charge in [-0.05, 0) is 19.9 Å². The molecule has 0 aromatic heterocycles. The molecule has 1 rings (SSSR count). The molecule has 0 radical (unpaired) electrons. The maximum absolute atomic E-state index is 13.5. The Labute approximate surface area is 112 Å². The van der Waals surface area contributed by atoms with Crippen LogP contribution in [0.1, 0.15) is 19.4 Å². The Bertz CT molecular complexity index is 491. The number of hydrogen-bond donors (Lipinski definition) is 0. The molecule has 1 aromatic rings.